The van der Waals surface area contributed by atoms with Crippen molar-refractivity contribution >= 4 is 23.2 Å². The number of amides is 2. The van der Waals surface area contributed by atoms with Gasteiger partial charge in [0, 0.05) is 0 Å². The molecule has 0 saturated carbocycles. The molecule has 2 saturated heterocycles. The molecule has 0 N–H and O–H groups in total. The van der Waals surface area contributed by atoms with Crippen molar-refractivity contribution in [2.24, 2.45) is 5.92 Å². The maximum Gasteiger partial charge on any atom is 0.266 e. The second-order valence-electron chi connectivity index (χ2n) is 9.12. The number of carbonyl (C=O) groups is 2. The average Bonchev–Trinajstić information content (AvgIpc) is 3.40. The number of aryl methyl sites for hydroxylation is 1. The Morgan fingerprint density at radius 2 is 1.67 bits per heavy atom. The monoisotopic (exact) mass is 486 g/mol. The van der Waals surface area contributed by atoms with Gasteiger partial charge in [-0.1, -0.05) is 49.7 Å². The summed E-state index contributed by atoms with van der Waals surface area (Å²) in [5.41, 5.74) is 3.10. The third-order valence-corrected chi connectivity index (χ3v) is 6.67. The number of anilines is 2. The molecular formula is C29H30N2O5. The Kier molecular flexibility index (Phi) is 6.65. The molecule has 0 unspecified atom stereocenters. The van der Waals surface area contributed by atoms with Crippen molar-refractivity contribution in [1.29, 1.82) is 0 Å². The van der Waals surface area contributed by atoms with Crippen molar-refractivity contribution in [2.45, 2.75) is 38.8 Å². The maximum atomic E-state index is 13.8. The van der Waals surface area contributed by atoms with E-state index in [1.807, 2.05) is 73.7 Å². The van der Waals surface area contributed by atoms with Crippen molar-refractivity contribution < 1.29 is 23.9 Å². The molecule has 0 aliphatic carbocycles. The van der Waals surface area contributed by atoms with Gasteiger partial charge in [0.1, 0.15) is 5.92 Å². The summed E-state index contributed by atoms with van der Waals surface area (Å²) in [7, 11) is 1.60. The lowest BCUT2D eigenvalue weighted by Gasteiger charge is -2.29. The normalized spacial score (nSPS) is 21.1. The number of hydroxylamine groups is 1. The van der Waals surface area contributed by atoms with Crippen LogP contribution < -0.4 is 19.4 Å². The zero-order valence-electron chi connectivity index (χ0n) is 20.7. The average molecular weight is 487 g/mol. The van der Waals surface area contributed by atoms with E-state index >= 15 is 0 Å². The van der Waals surface area contributed by atoms with Crippen LogP contribution in [0.15, 0.2) is 72.8 Å². The largest absolute Gasteiger partial charge is 0.493 e. The highest BCUT2D eigenvalue weighted by atomic mass is 16.7. The lowest BCUT2D eigenvalue weighted by molar-refractivity contribution is -0.126. The van der Waals surface area contributed by atoms with Gasteiger partial charge in [0.15, 0.2) is 17.6 Å². The number of carbonyl (C=O) groups excluding carboxylic acids is 2. The molecule has 7 heteroatoms. The fourth-order valence-corrected chi connectivity index (χ4v) is 4.89. The molecule has 0 bridgehead atoms. The van der Waals surface area contributed by atoms with Gasteiger partial charge < -0.3 is 9.47 Å². The first kappa shape index (κ1) is 23.9. The van der Waals surface area contributed by atoms with Gasteiger partial charge >= 0.3 is 0 Å². The molecule has 186 valence electrons. The van der Waals surface area contributed by atoms with Crippen LogP contribution in [0.1, 0.15) is 36.9 Å². The van der Waals surface area contributed by atoms with E-state index in [2.05, 4.69) is 6.92 Å². The summed E-state index contributed by atoms with van der Waals surface area (Å²) in [6, 6.07) is 22.0. The molecule has 36 heavy (non-hydrogen) atoms. The smallest absolute Gasteiger partial charge is 0.266 e. The molecule has 2 aliphatic rings. The minimum Gasteiger partial charge on any atom is -0.493 e. The van der Waals surface area contributed by atoms with Crippen LogP contribution in [0.5, 0.6) is 11.5 Å². The lowest BCUT2D eigenvalue weighted by atomic mass is 9.90. The molecule has 3 aromatic rings. The first-order valence-corrected chi connectivity index (χ1v) is 12.3. The second kappa shape index (κ2) is 10.0. The molecule has 2 amide bonds. The Morgan fingerprint density at radius 1 is 0.889 bits per heavy atom. The van der Waals surface area contributed by atoms with Crippen LogP contribution in [0.25, 0.3) is 0 Å². The summed E-state index contributed by atoms with van der Waals surface area (Å²) in [6.07, 6.45) is 1.05. The molecule has 0 radical (unpaired) electrons. The molecule has 7 nitrogen and oxygen atoms in total. The van der Waals surface area contributed by atoms with E-state index in [4.69, 9.17) is 14.3 Å². The predicted molar refractivity (Wildman–Crippen MR) is 137 cm³/mol. The van der Waals surface area contributed by atoms with Gasteiger partial charge in [-0.2, -0.15) is 0 Å². The van der Waals surface area contributed by atoms with Gasteiger partial charge in [0.25, 0.3) is 5.91 Å². The van der Waals surface area contributed by atoms with Crippen molar-refractivity contribution in [1.82, 2.24) is 0 Å². The number of unbranched alkanes of at least 4 members (excludes halogenated alkanes) is 1. The van der Waals surface area contributed by atoms with Crippen LogP contribution in [0.2, 0.25) is 0 Å². The topological polar surface area (TPSA) is 68.3 Å². The Hall–Kier alpha value is -3.84. The SMILES string of the molecule is CCCCOc1ccc([C@@H]2[C@@H]3C(=O)N(c4cccc(C)c4)C(=O)[C@@H]3ON2c2ccccc2)cc1OC. The van der Waals surface area contributed by atoms with Gasteiger partial charge in [-0.3, -0.25) is 14.4 Å². The van der Waals surface area contributed by atoms with Crippen molar-refractivity contribution in [3.8, 4) is 11.5 Å². The minimum absolute atomic E-state index is 0.277. The van der Waals surface area contributed by atoms with Gasteiger partial charge in [0.05, 0.1) is 31.1 Å². The Balaban J connectivity index is 1.55. The highest BCUT2D eigenvalue weighted by Crippen LogP contribution is 2.48. The Morgan fingerprint density at radius 3 is 2.39 bits per heavy atom. The predicted octanol–water partition coefficient (Wildman–Crippen LogP) is 5.23. The highest BCUT2D eigenvalue weighted by molar-refractivity contribution is 6.24. The summed E-state index contributed by atoms with van der Waals surface area (Å²) >= 11 is 0. The van der Waals surface area contributed by atoms with E-state index in [-0.39, 0.29) is 11.8 Å². The fourth-order valence-electron chi connectivity index (χ4n) is 4.89. The van der Waals surface area contributed by atoms with Crippen LogP contribution in [0, 0.1) is 12.8 Å². The molecule has 0 aromatic heterocycles. The highest BCUT2D eigenvalue weighted by Gasteiger charge is 2.60. The van der Waals surface area contributed by atoms with Crippen LogP contribution in [-0.2, 0) is 14.4 Å². The molecule has 0 spiro atoms. The van der Waals surface area contributed by atoms with Crippen molar-refractivity contribution in [3.63, 3.8) is 0 Å². The van der Waals surface area contributed by atoms with E-state index < -0.39 is 18.1 Å². The van der Waals surface area contributed by atoms with Crippen LogP contribution in [0.4, 0.5) is 11.4 Å². The van der Waals surface area contributed by atoms with Crippen LogP contribution in [0.3, 0.4) is 0 Å². The number of imide groups is 1. The molecule has 3 atom stereocenters. The number of ether oxygens (including phenoxy) is 2. The third-order valence-electron chi connectivity index (χ3n) is 6.67. The second-order valence-corrected chi connectivity index (χ2v) is 9.12. The Labute approximate surface area is 211 Å². The first-order valence-electron chi connectivity index (χ1n) is 12.3. The molecule has 2 heterocycles. The first-order chi connectivity index (χ1) is 17.5. The minimum atomic E-state index is -0.922. The van der Waals surface area contributed by atoms with Crippen LogP contribution >= 0.6 is 0 Å². The third kappa shape index (κ3) is 4.20. The number of nitrogens with zero attached hydrogens (tertiary/aromatic N) is 2. The van der Waals surface area contributed by atoms with Gasteiger partial charge in [0.2, 0.25) is 5.91 Å². The standard InChI is InChI=1S/C29H30N2O5/c1-4-5-16-35-23-15-14-20(18-24(23)34-3)26-25-27(36-31(26)21-11-7-6-8-12-21)29(33)30(28(25)32)22-13-9-10-19(2)17-22/h6-15,17-18,25-27H,4-5,16H2,1-3H3/t25-,26+,27+/m0/s1. The van der Waals surface area contributed by atoms with Crippen LogP contribution in [-0.4, -0.2) is 31.6 Å². The number of benzene rings is 3. The number of hydrogen-bond acceptors (Lipinski definition) is 6. The van der Waals surface area contributed by atoms with E-state index in [0.717, 1.165) is 29.7 Å². The molecule has 3 aromatic carbocycles. The van der Waals surface area contributed by atoms with E-state index in [0.29, 0.717) is 23.8 Å². The number of methoxy groups -OCH3 is 1. The molecule has 2 fully saturated rings. The summed E-state index contributed by atoms with van der Waals surface area (Å²) in [4.78, 5) is 34.8. The van der Waals surface area contributed by atoms with Gasteiger partial charge in [-0.05, 0) is 60.9 Å². The molecular weight excluding hydrogens is 456 g/mol. The summed E-state index contributed by atoms with van der Waals surface area (Å²) in [5.74, 6) is -0.124. The molecule has 5 rings (SSSR count). The fraction of sp³-hybridized carbons (Fsp3) is 0.310. The van der Waals surface area contributed by atoms with E-state index in [9.17, 15) is 9.59 Å². The number of hydrogen-bond donors (Lipinski definition) is 0. The lowest BCUT2D eigenvalue weighted by Crippen LogP contribution is -2.37. The summed E-state index contributed by atoms with van der Waals surface area (Å²) in [5, 5.41) is 1.69. The number of para-hydroxylation sites is 1. The van der Waals surface area contributed by atoms with Crippen molar-refractivity contribution in [2.75, 3.05) is 23.7 Å². The summed E-state index contributed by atoms with van der Waals surface area (Å²) in [6.45, 7) is 4.64. The zero-order chi connectivity index (χ0) is 25.2. The van der Waals surface area contributed by atoms with E-state index in [1.165, 1.54) is 4.90 Å². The number of fused-ring (bicyclic) bond motifs is 1. The maximum absolute atomic E-state index is 13.8. The number of rotatable bonds is 8. The van der Waals surface area contributed by atoms with Gasteiger partial charge in [-0.15, -0.1) is 0 Å². The molecule has 2 aliphatic heterocycles. The van der Waals surface area contributed by atoms with E-state index in [1.54, 1.807) is 18.2 Å². The summed E-state index contributed by atoms with van der Waals surface area (Å²) < 4.78 is 11.5. The van der Waals surface area contributed by atoms with Gasteiger partial charge in [-0.25, -0.2) is 9.96 Å². The Bertz CT molecular complexity index is 1260. The van der Waals surface area contributed by atoms with Crippen molar-refractivity contribution in [3.05, 3.63) is 83.9 Å². The zero-order valence-corrected chi connectivity index (χ0v) is 20.7. The quantitative estimate of drug-likeness (QED) is 0.321.